The highest BCUT2D eigenvalue weighted by atomic mass is 16.3. The summed E-state index contributed by atoms with van der Waals surface area (Å²) < 4.78 is 0. The molecule has 2 N–H and O–H groups in total. The number of aryl methyl sites for hydroxylation is 2. The third-order valence-electron chi connectivity index (χ3n) is 7.83. The van der Waals surface area contributed by atoms with Crippen LogP contribution in [0.4, 0.5) is 0 Å². The van der Waals surface area contributed by atoms with E-state index in [-0.39, 0.29) is 23.6 Å². The van der Waals surface area contributed by atoms with Crippen LogP contribution in [0.25, 0.3) is 0 Å². The minimum Gasteiger partial charge on any atom is -0.507 e. The second-order valence-electron chi connectivity index (χ2n) is 11.1. The highest BCUT2D eigenvalue weighted by molar-refractivity contribution is 5.84. The fourth-order valence-electron chi connectivity index (χ4n) is 5.38. The molecule has 0 bridgehead atoms. The average molecular weight is 519 g/mol. The maximum absolute atomic E-state index is 10.4. The van der Waals surface area contributed by atoms with Gasteiger partial charge in [-0.3, -0.25) is 9.98 Å². The van der Waals surface area contributed by atoms with Crippen LogP contribution in [0.5, 0.6) is 11.5 Å². The standard InChI is InChI=1S/C34H50N2O2/c1-3-5-7-9-11-15-27-19-21-33(37)29(23-27)25-35-31-17-13-14-18-32(31)36-26-30-24-28(20-22-34(30)38)16-12-10-8-6-4-2/h19-26,31-32,37-38H,3-18H2,1-2H3/t31-,32+. The Labute approximate surface area is 231 Å². The first-order valence-corrected chi connectivity index (χ1v) is 15.3. The molecule has 4 nitrogen and oxygen atoms in total. The molecule has 208 valence electrons. The number of phenols is 2. The SMILES string of the molecule is CCCCCCCc1ccc(O)c(C=N[C@H]2CCCC[C@H]2N=Cc2cc(CCCCCCC)ccc2O)c1. The summed E-state index contributed by atoms with van der Waals surface area (Å²) in [4.78, 5) is 9.83. The number of hydrogen-bond donors (Lipinski definition) is 2. The van der Waals surface area contributed by atoms with Gasteiger partial charge in [0.25, 0.3) is 0 Å². The Bertz CT molecular complexity index is 932. The van der Waals surface area contributed by atoms with Gasteiger partial charge in [-0.05, 0) is 73.9 Å². The summed E-state index contributed by atoms with van der Waals surface area (Å²) in [6.07, 6.45) is 22.7. The molecule has 0 heterocycles. The number of benzene rings is 2. The summed E-state index contributed by atoms with van der Waals surface area (Å²) in [6, 6.07) is 12.1. The first-order valence-electron chi connectivity index (χ1n) is 15.3. The minimum absolute atomic E-state index is 0.0981. The lowest BCUT2D eigenvalue weighted by molar-refractivity contribution is 0.390. The van der Waals surface area contributed by atoms with Crippen molar-refractivity contribution in [2.45, 2.75) is 129 Å². The summed E-state index contributed by atoms with van der Waals surface area (Å²) >= 11 is 0. The van der Waals surface area contributed by atoms with Gasteiger partial charge in [0.2, 0.25) is 0 Å². The Morgan fingerprint density at radius 1 is 0.632 bits per heavy atom. The predicted octanol–water partition coefficient (Wildman–Crippen LogP) is 8.97. The van der Waals surface area contributed by atoms with Crippen LogP contribution in [0.2, 0.25) is 0 Å². The third-order valence-corrected chi connectivity index (χ3v) is 7.83. The topological polar surface area (TPSA) is 65.2 Å². The Hall–Kier alpha value is -2.62. The van der Waals surface area contributed by atoms with Crippen molar-refractivity contribution in [3.8, 4) is 11.5 Å². The van der Waals surface area contributed by atoms with Crippen LogP contribution in [0.1, 0.15) is 126 Å². The molecule has 1 saturated carbocycles. The van der Waals surface area contributed by atoms with Crippen molar-refractivity contribution in [1.82, 2.24) is 0 Å². The van der Waals surface area contributed by atoms with Gasteiger partial charge in [0.15, 0.2) is 0 Å². The van der Waals surface area contributed by atoms with E-state index < -0.39 is 0 Å². The van der Waals surface area contributed by atoms with Gasteiger partial charge in [-0.25, -0.2) is 0 Å². The summed E-state index contributed by atoms with van der Waals surface area (Å²) in [5.74, 6) is 0.576. The van der Waals surface area contributed by atoms with E-state index in [4.69, 9.17) is 9.98 Å². The van der Waals surface area contributed by atoms with E-state index in [9.17, 15) is 10.2 Å². The van der Waals surface area contributed by atoms with E-state index in [2.05, 4.69) is 26.0 Å². The number of unbranched alkanes of at least 4 members (excludes halogenated alkanes) is 8. The third kappa shape index (κ3) is 10.3. The number of nitrogens with zero attached hydrogens (tertiary/aromatic N) is 2. The molecule has 4 heteroatoms. The zero-order valence-electron chi connectivity index (χ0n) is 23.9. The fourth-order valence-corrected chi connectivity index (χ4v) is 5.38. The predicted molar refractivity (Wildman–Crippen MR) is 162 cm³/mol. The zero-order valence-corrected chi connectivity index (χ0v) is 23.9. The summed E-state index contributed by atoms with van der Waals surface area (Å²) in [6.45, 7) is 4.48. The van der Waals surface area contributed by atoms with Crippen LogP contribution in [0.3, 0.4) is 0 Å². The molecule has 1 fully saturated rings. The van der Waals surface area contributed by atoms with Gasteiger partial charge in [-0.15, -0.1) is 0 Å². The molecule has 1 aliphatic carbocycles. The van der Waals surface area contributed by atoms with Crippen molar-refractivity contribution >= 4 is 12.4 Å². The van der Waals surface area contributed by atoms with Crippen LogP contribution in [0.15, 0.2) is 46.4 Å². The maximum Gasteiger partial charge on any atom is 0.124 e. The number of hydrogen-bond acceptors (Lipinski definition) is 4. The van der Waals surface area contributed by atoms with E-state index in [1.54, 1.807) is 12.1 Å². The van der Waals surface area contributed by atoms with Crippen LogP contribution < -0.4 is 0 Å². The van der Waals surface area contributed by atoms with E-state index in [0.717, 1.165) is 49.7 Å². The smallest absolute Gasteiger partial charge is 0.124 e. The molecule has 0 radical (unpaired) electrons. The molecule has 2 atom stereocenters. The Morgan fingerprint density at radius 2 is 1.05 bits per heavy atom. The quantitative estimate of drug-likeness (QED) is 0.172. The van der Waals surface area contributed by atoms with Gasteiger partial charge >= 0.3 is 0 Å². The van der Waals surface area contributed by atoms with Crippen LogP contribution in [-0.2, 0) is 12.8 Å². The van der Waals surface area contributed by atoms with Gasteiger partial charge in [0, 0.05) is 23.6 Å². The van der Waals surface area contributed by atoms with Crippen molar-refractivity contribution in [1.29, 1.82) is 0 Å². The van der Waals surface area contributed by atoms with Crippen molar-refractivity contribution in [3.63, 3.8) is 0 Å². The van der Waals surface area contributed by atoms with E-state index in [1.807, 2.05) is 24.6 Å². The van der Waals surface area contributed by atoms with Crippen molar-refractivity contribution < 1.29 is 10.2 Å². The lowest BCUT2D eigenvalue weighted by Gasteiger charge is -2.25. The van der Waals surface area contributed by atoms with E-state index in [0.29, 0.717) is 0 Å². The van der Waals surface area contributed by atoms with Crippen LogP contribution in [-0.4, -0.2) is 34.7 Å². The number of aromatic hydroxyl groups is 2. The van der Waals surface area contributed by atoms with Gasteiger partial charge < -0.3 is 10.2 Å². The highest BCUT2D eigenvalue weighted by Crippen LogP contribution is 2.26. The largest absolute Gasteiger partial charge is 0.507 e. The van der Waals surface area contributed by atoms with Gasteiger partial charge in [0.1, 0.15) is 11.5 Å². The number of rotatable bonds is 16. The molecule has 0 aromatic heterocycles. The van der Waals surface area contributed by atoms with Crippen molar-refractivity contribution in [2.24, 2.45) is 9.98 Å². The molecular weight excluding hydrogens is 468 g/mol. The molecule has 0 amide bonds. The molecule has 0 unspecified atom stereocenters. The lowest BCUT2D eigenvalue weighted by Crippen LogP contribution is -2.27. The normalized spacial score (nSPS) is 18.1. The van der Waals surface area contributed by atoms with E-state index >= 15 is 0 Å². The first kappa shape index (κ1) is 29.9. The monoisotopic (exact) mass is 518 g/mol. The fraction of sp³-hybridized carbons (Fsp3) is 0.588. The zero-order chi connectivity index (χ0) is 27.0. The summed E-state index contributed by atoms with van der Waals surface area (Å²) in [5, 5.41) is 20.9. The molecular formula is C34H50N2O2. The molecule has 0 saturated heterocycles. The Balaban J connectivity index is 1.61. The minimum atomic E-state index is 0.0981. The highest BCUT2D eigenvalue weighted by Gasteiger charge is 2.23. The molecule has 38 heavy (non-hydrogen) atoms. The molecule has 2 aromatic rings. The van der Waals surface area contributed by atoms with Gasteiger partial charge in [-0.1, -0.05) is 90.2 Å². The molecule has 0 spiro atoms. The molecule has 2 aromatic carbocycles. The second kappa shape index (κ2) is 17.1. The van der Waals surface area contributed by atoms with Gasteiger partial charge in [-0.2, -0.15) is 0 Å². The maximum atomic E-state index is 10.4. The van der Waals surface area contributed by atoms with Gasteiger partial charge in [0.05, 0.1) is 12.1 Å². The number of aliphatic imine (C=N–C) groups is 2. The molecule has 3 rings (SSSR count). The molecule has 1 aliphatic rings. The Kier molecular flexibility index (Phi) is 13.4. The Morgan fingerprint density at radius 3 is 1.47 bits per heavy atom. The summed E-state index contributed by atoms with van der Waals surface area (Å²) in [5.41, 5.74) is 4.13. The summed E-state index contributed by atoms with van der Waals surface area (Å²) in [7, 11) is 0. The van der Waals surface area contributed by atoms with Crippen molar-refractivity contribution in [3.05, 3.63) is 58.7 Å². The average Bonchev–Trinajstić information content (AvgIpc) is 2.93. The number of phenolic OH excluding ortho intramolecular Hbond substituents is 2. The second-order valence-corrected chi connectivity index (χ2v) is 11.1. The molecule has 0 aliphatic heterocycles. The lowest BCUT2D eigenvalue weighted by atomic mass is 9.91. The first-order chi connectivity index (χ1) is 18.6. The van der Waals surface area contributed by atoms with E-state index in [1.165, 1.54) is 75.3 Å². The van der Waals surface area contributed by atoms with Crippen molar-refractivity contribution in [2.75, 3.05) is 0 Å². The van der Waals surface area contributed by atoms with Crippen LogP contribution >= 0.6 is 0 Å². The van der Waals surface area contributed by atoms with Crippen LogP contribution in [0, 0.1) is 0 Å².